The van der Waals surface area contributed by atoms with E-state index in [1.54, 1.807) is 18.7 Å². The van der Waals surface area contributed by atoms with E-state index in [4.69, 9.17) is 9.15 Å². The number of pyridine rings is 1. The predicted molar refractivity (Wildman–Crippen MR) is 108 cm³/mol. The van der Waals surface area contributed by atoms with Gasteiger partial charge in [-0.3, -0.25) is 4.98 Å². The first-order valence-corrected chi connectivity index (χ1v) is 9.43. The lowest BCUT2D eigenvalue weighted by Crippen LogP contribution is -2.21. The number of nitrogens with zero attached hydrogens (tertiary/aromatic N) is 1. The fourth-order valence-corrected chi connectivity index (χ4v) is 3.24. The molecule has 6 heteroatoms. The highest BCUT2D eigenvalue weighted by atomic mass is 16.5. The maximum absolute atomic E-state index is 11.3. The first-order valence-electron chi connectivity index (χ1n) is 9.43. The zero-order valence-electron chi connectivity index (χ0n) is 16.0. The molecule has 0 spiro atoms. The van der Waals surface area contributed by atoms with E-state index in [-0.39, 0.29) is 11.5 Å². The van der Waals surface area contributed by atoms with Gasteiger partial charge in [0.1, 0.15) is 5.75 Å². The van der Waals surface area contributed by atoms with E-state index in [1.165, 1.54) is 12.3 Å². The number of nitrogens with one attached hydrogen (secondary N) is 1. The topological polar surface area (TPSA) is 84.6 Å². The molecule has 2 aromatic heterocycles. The standard InChI is InChI=1S/C20H18N2O4.C2H6/c23-20(24)17-3-6-21-11-18(17)22-10-14-5-8-26-19-9-13(1-2-16(14)19)15-4-7-25-12-15;1-2/h1-4,6-7,9,11-12,14,22H,5,8,10H2,(H,23,24);1-2H3. The number of aromatic carboxylic acids is 1. The van der Waals surface area contributed by atoms with E-state index in [0.29, 0.717) is 18.8 Å². The molecule has 0 fully saturated rings. The summed E-state index contributed by atoms with van der Waals surface area (Å²) in [7, 11) is 0. The second kappa shape index (κ2) is 9.08. The van der Waals surface area contributed by atoms with Crippen molar-refractivity contribution in [2.75, 3.05) is 18.5 Å². The van der Waals surface area contributed by atoms with Crippen LogP contribution in [0, 0.1) is 0 Å². The molecule has 3 heterocycles. The summed E-state index contributed by atoms with van der Waals surface area (Å²) in [6.07, 6.45) is 7.25. The SMILES string of the molecule is CC.O=C(O)c1ccncc1NCC1CCOc2cc(-c3ccoc3)ccc21. The third kappa shape index (κ3) is 4.17. The van der Waals surface area contributed by atoms with Crippen LogP contribution in [-0.2, 0) is 0 Å². The molecule has 4 rings (SSSR count). The van der Waals surface area contributed by atoms with Gasteiger partial charge in [-0.05, 0) is 35.7 Å². The molecule has 3 aromatic rings. The quantitative estimate of drug-likeness (QED) is 0.645. The molecule has 1 aliphatic rings. The van der Waals surface area contributed by atoms with E-state index in [2.05, 4.69) is 22.4 Å². The van der Waals surface area contributed by atoms with E-state index in [1.807, 2.05) is 26.0 Å². The molecule has 0 amide bonds. The van der Waals surface area contributed by atoms with Crippen molar-refractivity contribution in [1.29, 1.82) is 0 Å². The molecule has 28 heavy (non-hydrogen) atoms. The van der Waals surface area contributed by atoms with Crippen molar-refractivity contribution in [1.82, 2.24) is 4.98 Å². The molecule has 0 radical (unpaired) electrons. The van der Waals surface area contributed by atoms with Crippen LogP contribution >= 0.6 is 0 Å². The predicted octanol–water partition coefficient (Wildman–Crippen LogP) is 5.04. The molecule has 0 saturated heterocycles. The largest absolute Gasteiger partial charge is 0.493 e. The Balaban J connectivity index is 0.00000109. The number of anilines is 1. The normalized spacial score (nSPS) is 14.9. The molecule has 1 atom stereocenters. The first kappa shape index (κ1) is 19.5. The molecule has 146 valence electrons. The minimum Gasteiger partial charge on any atom is -0.493 e. The number of hydrogen-bond acceptors (Lipinski definition) is 5. The Hall–Kier alpha value is -3.28. The van der Waals surface area contributed by atoms with E-state index in [0.717, 1.165) is 28.9 Å². The number of ether oxygens (including phenoxy) is 1. The van der Waals surface area contributed by atoms with Gasteiger partial charge >= 0.3 is 5.97 Å². The van der Waals surface area contributed by atoms with Crippen molar-refractivity contribution in [2.45, 2.75) is 26.2 Å². The number of carboxylic acid groups (broad SMARTS) is 1. The maximum Gasteiger partial charge on any atom is 0.337 e. The molecule has 0 aliphatic carbocycles. The molecule has 1 unspecified atom stereocenters. The number of rotatable bonds is 5. The van der Waals surface area contributed by atoms with Crippen LogP contribution in [-0.4, -0.2) is 29.2 Å². The summed E-state index contributed by atoms with van der Waals surface area (Å²) >= 11 is 0. The Labute approximate surface area is 164 Å². The molecule has 2 N–H and O–H groups in total. The van der Waals surface area contributed by atoms with E-state index >= 15 is 0 Å². The minimum atomic E-state index is -0.966. The first-order chi connectivity index (χ1) is 13.7. The average Bonchev–Trinajstić information content (AvgIpc) is 3.28. The van der Waals surface area contributed by atoms with Gasteiger partial charge in [-0.15, -0.1) is 0 Å². The van der Waals surface area contributed by atoms with E-state index < -0.39 is 5.97 Å². The number of benzene rings is 1. The van der Waals surface area contributed by atoms with E-state index in [9.17, 15) is 9.90 Å². The molecule has 1 aliphatic heterocycles. The molecule has 0 bridgehead atoms. The number of fused-ring (bicyclic) bond motifs is 1. The maximum atomic E-state index is 11.3. The van der Waals surface area contributed by atoms with Gasteiger partial charge in [0.15, 0.2) is 0 Å². The lowest BCUT2D eigenvalue weighted by Gasteiger charge is -2.27. The number of carboxylic acids is 1. The Morgan fingerprint density at radius 1 is 1.25 bits per heavy atom. The van der Waals surface area contributed by atoms with Gasteiger partial charge in [0, 0.05) is 24.2 Å². The number of furan rings is 1. The smallest absolute Gasteiger partial charge is 0.337 e. The third-order valence-corrected chi connectivity index (χ3v) is 4.62. The van der Waals surface area contributed by atoms with Crippen LogP contribution in [0.1, 0.15) is 42.1 Å². The number of aromatic nitrogens is 1. The lowest BCUT2D eigenvalue weighted by molar-refractivity contribution is 0.0697. The third-order valence-electron chi connectivity index (χ3n) is 4.62. The van der Waals surface area contributed by atoms with Crippen molar-refractivity contribution >= 4 is 11.7 Å². The lowest BCUT2D eigenvalue weighted by atomic mass is 9.91. The number of carbonyl (C=O) groups is 1. The van der Waals surface area contributed by atoms with Crippen LogP contribution in [0.15, 0.2) is 59.7 Å². The van der Waals surface area contributed by atoms with Crippen LogP contribution in [0.3, 0.4) is 0 Å². The second-order valence-electron chi connectivity index (χ2n) is 6.21. The van der Waals surface area contributed by atoms with Crippen LogP contribution in [0.4, 0.5) is 5.69 Å². The summed E-state index contributed by atoms with van der Waals surface area (Å²) < 4.78 is 11.0. The van der Waals surface area contributed by atoms with Gasteiger partial charge in [-0.2, -0.15) is 0 Å². The van der Waals surface area contributed by atoms with Crippen LogP contribution in [0.25, 0.3) is 11.1 Å². The van der Waals surface area contributed by atoms with Crippen LogP contribution in [0.5, 0.6) is 5.75 Å². The summed E-state index contributed by atoms with van der Waals surface area (Å²) in [5, 5.41) is 12.5. The van der Waals surface area contributed by atoms with Gasteiger partial charge in [0.25, 0.3) is 0 Å². The Morgan fingerprint density at radius 2 is 2.11 bits per heavy atom. The highest BCUT2D eigenvalue weighted by molar-refractivity contribution is 5.93. The zero-order valence-corrected chi connectivity index (χ0v) is 16.0. The van der Waals surface area contributed by atoms with Crippen molar-refractivity contribution < 1.29 is 19.1 Å². The van der Waals surface area contributed by atoms with Crippen LogP contribution in [0.2, 0.25) is 0 Å². The second-order valence-corrected chi connectivity index (χ2v) is 6.21. The zero-order chi connectivity index (χ0) is 19.9. The van der Waals surface area contributed by atoms with Gasteiger partial charge in [-0.25, -0.2) is 4.79 Å². The summed E-state index contributed by atoms with van der Waals surface area (Å²) in [6.45, 7) is 5.25. The average molecular weight is 380 g/mol. The van der Waals surface area contributed by atoms with Crippen molar-refractivity contribution in [2.24, 2.45) is 0 Å². The Kier molecular flexibility index (Phi) is 6.32. The monoisotopic (exact) mass is 380 g/mol. The van der Waals surface area contributed by atoms with Crippen molar-refractivity contribution in [3.8, 4) is 16.9 Å². The molecular weight excluding hydrogens is 356 g/mol. The highest BCUT2D eigenvalue weighted by Gasteiger charge is 2.22. The number of hydrogen-bond donors (Lipinski definition) is 2. The Bertz CT molecular complexity index is 922. The van der Waals surface area contributed by atoms with Crippen molar-refractivity contribution in [3.05, 3.63) is 66.4 Å². The summed E-state index contributed by atoms with van der Waals surface area (Å²) in [6, 6.07) is 9.57. The summed E-state index contributed by atoms with van der Waals surface area (Å²) in [5.74, 6) is 0.137. The molecule has 6 nitrogen and oxygen atoms in total. The van der Waals surface area contributed by atoms with Gasteiger partial charge in [0.2, 0.25) is 0 Å². The fourth-order valence-electron chi connectivity index (χ4n) is 3.24. The van der Waals surface area contributed by atoms with Gasteiger partial charge in [-0.1, -0.05) is 26.0 Å². The molecule has 1 aromatic carbocycles. The molecule has 0 saturated carbocycles. The highest BCUT2D eigenvalue weighted by Crippen LogP contribution is 2.37. The van der Waals surface area contributed by atoms with Crippen molar-refractivity contribution in [3.63, 3.8) is 0 Å². The summed E-state index contributed by atoms with van der Waals surface area (Å²) in [5.41, 5.74) is 3.94. The minimum absolute atomic E-state index is 0.225. The van der Waals surface area contributed by atoms with Gasteiger partial charge < -0.3 is 19.6 Å². The fraction of sp³-hybridized carbons (Fsp3) is 0.273. The van der Waals surface area contributed by atoms with Gasteiger partial charge in [0.05, 0.1) is 36.6 Å². The summed E-state index contributed by atoms with van der Waals surface area (Å²) in [4.78, 5) is 15.3. The van der Waals surface area contributed by atoms with Crippen LogP contribution < -0.4 is 10.1 Å². The molecular formula is C22H24N2O4. The Morgan fingerprint density at radius 3 is 2.86 bits per heavy atom.